The Morgan fingerprint density at radius 2 is 1.83 bits per heavy atom. The van der Waals surface area contributed by atoms with Crippen molar-refractivity contribution in [3.8, 4) is 0 Å². The van der Waals surface area contributed by atoms with Crippen LogP contribution in [0.4, 0.5) is 0 Å². The number of sulfonamides is 1. The van der Waals surface area contributed by atoms with E-state index in [4.69, 9.17) is 9.15 Å². The molecule has 1 heterocycles. The molecule has 29 heavy (non-hydrogen) atoms. The van der Waals surface area contributed by atoms with Gasteiger partial charge in [0.15, 0.2) is 0 Å². The van der Waals surface area contributed by atoms with Gasteiger partial charge in [-0.2, -0.15) is 4.31 Å². The minimum absolute atomic E-state index is 0.0336. The van der Waals surface area contributed by atoms with Crippen LogP contribution in [0.15, 0.2) is 45.9 Å². The number of carbonyl (C=O) groups excluding carboxylic acids is 2. The van der Waals surface area contributed by atoms with Crippen LogP contribution in [0.3, 0.4) is 0 Å². The summed E-state index contributed by atoms with van der Waals surface area (Å²) in [7, 11) is -1.66. The number of rotatable bonds is 9. The standard InChI is InChI=1S/C19H22BrNO7S/c1-13-4-6-15(7-5-13)29(24,25)21(11-18(22)26-2)16(8-9-20)17-10-14(12-28-17)19(23)27-3/h4-7,10,12,16H,8-9,11H2,1-3H3. The van der Waals surface area contributed by atoms with Gasteiger partial charge in [0, 0.05) is 5.33 Å². The summed E-state index contributed by atoms with van der Waals surface area (Å²) in [6, 6.07) is 6.85. The van der Waals surface area contributed by atoms with Gasteiger partial charge in [-0.15, -0.1) is 0 Å². The van der Waals surface area contributed by atoms with E-state index in [1.165, 1.54) is 38.7 Å². The molecule has 0 aliphatic heterocycles. The smallest absolute Gasteiger partial charge is 0.341 e. The maximum atomic E-state index is 13.4. The minimum Gasteiger partial charge on any atom is -0.468 e. The third-order valence-corrected chi connectivity index (χ3v) is 6.57. The van der Waals surface area contributed by atoms with Crippen molar-refractivity contribution in [2.75, 3.05) is 26.1 Å². The largest absolute Gasteiger partial charge is 0.468 e. The predicted molar refractivity (Wildman–Crippen MR) is 108 cm³/mol. The fourth-order valence-electron chi connectivity index (χ4n) is 2.68. The Bertz CT molecular complexity index is 953. The molecule has 0 aliphatic rings. The predicted octanol–water partition coefficient (Wildman–Crippen LogP) is 3.06. The van der Waals surface area contributed by atoms with Gasteiger partial charge in [-0.3, -0.25) is 4.79 Å². The first-order chi connectivity index (χ1) is 13.7. The van der Waals surface area contributed by atoms with E-state index < -0.39 is 34.5 Å². The topological polar surface area (TPSA) is 103 Å². The zero-order valence-corrected chi connectivity index (χ0v) is 18.7. The molecule has 1 atom stereocenters. The average molecular weight is 488 g/mol. The van der Waals surface area contributed by atoms with Crippen LogP contribution in [0, 0.1) is 6.92 Å². The van der Waals surface area contributed by atoms with Gasteiger partial charge in [0.25, 0.3) is 0 Å². The second-order valence-electron chi connectivity index (χ2n) is 6.16. The SMILES string of the molecule is COC(=O)CN(C(CCBr)c1cc(C(=O)OC)co1)S(=O)(=O)c1ccc(C)cc1. The van der Waals surface area contributed by atoms with E-state index in [0.717, 1.165) is 9.87 Å². The van der Waals surface area contributed by atoms with Gasteiger partial charge >= 0.3 is 11.9 Å². The second kappa shape index (κ2) is 10.0. The third-order valence-electron chi connectivity index (χ3n) is 4.24. The summed E-state index contributed by atoms with van der Waals surface area (Å²) in [5, 5.41) is 0.424. The molecule has 0 saturated heterocycles. The molecule has 158 valence electrons. The molecule has 0 aliphatic carbocycles. The molecule has 0 saturated carbocycles. The molecule has 0 bridgehead atoms. The Morgan fingerprint density at radius 1 is 1.17 bits per heavy atom. The number of hydrogen-bond donors (Lipinski definition) is 0. The molecule has 2 aromatic rings. The molecule has 1 aromatic carbocycles. The number of aryl methyl sites for hydroxylation is 1. The Hall–Kier alpha value is -2.17. The molecule has 0 amide bonds. The van der Waals surface area contributed by atoms with Gasteiger partial charge < -0.3 is 13.9 Å². The highest BCUT2D eigenvalue weighted by Crippen LogP contribution is 2.32. The molecule has 0 fully saturated rings. The third kappa shape index (κ3) is 5.46. The Morgan fingerprint density at radius 3 is 2.38 bits per heavy atom. The maximum absolute atomic E-state index is 13.4. The van der Waals surface area contributed by atoms with Crippen molar-refractivity contribution in [3.63, 3.8) is 0 Å². The fraction of sp³-hybridized carbons (Fsp3) is 0.368. The van der Waals surface area contributed by atoms with Gasteiger partial charge in [0.1, 0.15) is 18.6 Å². The quantitative estimate of drug-likeness (QED) is 0.395. The van der Waals surface area contributed by atoms with Crippen molar-refractivity contribution in [1.29, 1.82) is 0 Å². The second-order valence-corrected chi connectivity index (χ2v) is 8.85. The highest BCUT2D eigenvalue weighted by molar-refractivity contribution is 9.09. The number of alkyl halides is 1. The van der Waals surface area contributed by atoms with Crippen LogP contribution in [0.25, 0.3) is 0 Å². The van der Waals surface area contributed by atoms with E-state index in [1.54, 1.807) is 12.1 Å². The molecule has 0 spiro atoms. The molecule has 0 N–H and O–H groups in total. The monoisotopic (exact) mass is 487 g/mol. The van der Waals surface area contributed by atoms with E-state index >= 15 is 0 Å². The van der Waals surface area contributed by atoms with E-state index in [0.29, 0.717) is 5.33 Å². The zero-order chi connectivity index (χ0) is 21.6. The lowest BCUT2D eigenvalue weighted by molar-refractivity contribution is -0.141. The number of furan rings is 1. The summed E-state index contributed by atoms with van der Waals surface area (Å²) in [4.78, 5) is 23.8. The van der Waals surface area contributed by atoms with Crippen LogP contribution in [0.5, 0.6) is 0 Å². The maximum Gasteiger partial charge on any atom is 0.341 e. The van der Waals surface area contributed by atoms with Gasteiger partial charge in [0.2, 0.25) is 10.0 Å². The van der Waals surface area contributed by atoms with Crippen molar-refractivity contribution in [2.24, 2.45) is 0 Å². The van der Waals surface area contributed by atoms with Gasteiger partial charge in [-0.1, -0.05) is 33.6 Å². The highest BCUT2D eigenvalue weighted by Gasteiger charge is 2.36. The molecule has 1 unspecified atom stereocenters. The normalized spacial score (nSPS) is 12.6. The first kappa shape index (κ1) is 23.1. The van der Waals surface area contributed by atoms with Crippen LogP contribution < -0.4 is 0 Å². The zero-order valence-electron chi connectivity index (χ0n) is 16.3. The number of ether oxygens (including phenoxy) is 2. The summed E-state index contributed by atoms with van der Waals surface area (Å²) in [6.45, 7) is 1.33. The minimum atomic E-state index is -4.07. The Kier molecular flexibility index (Phi) is 8.00. The number of nitrogens with zero attached hydrogens (tertiary/aromatic N) is 1. The van der Waals surface area contributed by atoms with Crippen LogP contribution in [0.2, 0.25) is 0 Å². The lowest BCUT2D eigenvalue weighted by Gasteiger charge is -2.28. The van der Waals surface area contributed by atoms with Gasteiger partial charge in [0.05, 0.1) is 30.7 Å². The lowest BCUT2D eigenvalue weighted by atomic mass is 10.1. The van der Waals surface area contributed by atoms with Crippen molar-refractivity contribution < 1.29 is 31.9 Å². The summed E-state index contributed by atoms with van der Waals surface area (Å²) in [6.07, 6.45) is 1.48. The van der Waals surface area contributed by atoms with E-state index in [-0.39, 0.29) is 22.6 Å². The van der Waals surface area contributed by atoms with Crippen LogP contribution >= 0.6 is 15.9 Å². The van der Waals surface area contributed by atoms with Crippen LogP contribution in [0.1, 0.15) is 34.1 Å². The first-order valence-corrected chi connectivity index (χ1v) is 11.2. The molecule has 8 nitrogen and oxygen atoms in total. The molecule has 2 rings (SSSR count). The van der Waals surface area contributed by atoms with Crippen LogP contribution in [-0.2, 0) is 24.3 Å². The number of hydrogen-bond acceptors (Lipinski definition) is 7. The van der Waals surface area contributed by atoms with Crippen molar-refractivity contribution in [1.82, 2.24) is 4.31 Å². The summed E-state index contributed by atoms with van der Waals surface area (Å²) < 4.78 is 42.5. The molecule has 0 radical (unpaired) electrons. The lowest BCUT2D eigenvalue weighted by Crippen LogP contribution is -2.39. The van der Waals surface area contributed by atoms with Gasteiger partial charge in [-0.25, -0.2) is 13.2 Å². The van der Waals surface area contributed by atoms with E-state index in [2.05, 4.69) is 20.7 Å². The van der Waals surface area contributed by atoms with Crippen molar-refractivity contribution in [2.45, 2.75) is 24.3 Å². The van der Waals surface area contributed by atoms with Crippen LogP contribution in [-0.4, -0.2) is 50.8 Å². The summed E-state index contributed by atoms with van der Waals surface area (Å²) >= 11 is 3.31. The van der Waals surface area contributed by atoms with Crippen molar-refractivity contribution >= 4 is 37.9 Å². The molecule has 10 heteroatoms. The summed E-state index contributed by atoms with van der Waals surface area (Å²) in [5.41, 5.74) is 1.04. The Balaban J connectivity index is 2.54. The molecular weight excluding hydrogens is 466 g/mol. The highest BCUT2D eigenvalue weighted by atomic mass is 79.9. The van der Waals surface area contributed by atoms with Crippen molar-refractivity contribution in [3.05, 3.63) is 53.5 Å². The van der Waals surface area contributed by atoms with Gasteiger partial charge in [-0.05, 0) is 31.5 Å². The molecular formula is C19H22BrNO7S. The average Bonchev–Trinajstić information content (AvgIpc) is 3.20. The fourth-order valence-corrected chi connectivity index (χ4v) is 4.69. The van der Waals surface area contributed by atoms with E-state index in [1.807, 2.05) is 6.92 Å². The Labute approximate surface area is 178 Å². The number of methoxy groups -OCH3 is 2. The number of halogens is 1. The number of carbonyl (C=O) groups is 2. The van der Waals surface area contributed by atoms with E-state index in [9.17, 15) is 18.0 Å². The number of benzene rings is 1. The number of esters is 2. The summed E-state index contributed by atoms with van der Waals surface area (Å²) in [5.74, 6) is -1.12. The first-order valence-electron chi connectivity index (χ1n) is 8.62. The molecule has 1 aromatic heterocycles.